The van der Waals surface area contributed by atoms with E-state index in [0.717, 1.165) is 0 Å². The quantitative estimate of drug-likeness (QED) is 0.417. The summed E-state index contributed by atoms with van der Waals surface area (Å²) in [6.45, 7) is 1.92. The van der Waals surface area contributed by atoms with E-state index in [2.05, 4.69) is 5.92 Å². The number of hydrogen-bond acceptors (Lipinski definition) is 0. The highest BCUT2D eigenvalue weighted by Gasteiger charge is 1.56. The number of rotatable bonds is 1. The second-order valence-electron chi connectivity index (χ2n) is 0.859. The Bertz CT molecular complexity index is 72.5. The highest BCUT2D eigenvalue weighted by atomic mass is 13.6. The van der Waals surface area contributed by atoms with Crippen molar-refractivity contribution in [3.63, 3.8) is 0 Å². The van der Waals surface area contributed by atoms with Gasteiger partial charge in [-0.25, -0.2) is 0 Å². The van der Waals surface area contributed by atoms with Gasteiger partial charge in [0.25, 0.3) is 0 Å². The van der Waals surface area contributed by atoms with Gasteiger partial charge in [0.2, 0.25) is 0 Å². The normalized spacial score (nSPS) is 8.67. The summed E-state index contributed by atoms with van der Waals surface area (Å²) < 4.78 is 0. The lowest BCUT2D eigenvalue weighted by Gasteiger charge is -1.64. The molecular formula is C6H7. The van der Waals surface area contributed by atoms with Gasteiger partial charge in [-0.3, -0.25) is 0 Å². The summed E-state index contributed by atoms with van der Waals surface area (Å²) in [6, 6.07) is 0. The molecular weight excluding hydrogens is 72.1 g/mol. The van der Waals surface area contributed by atoms with E-state index >= 15 is 0 Å². The third kappa shape index (κ3) is 3.30. The molecule has 0 aromatic rings. The van der Waals surface area contributed by atoms with Crippen molar-refractivity contribution in [3.05, 3.63) is 18.6 Å². The first-order chi connectivity index (χ1) is 2.91. The molecule has 0 heterocycles. The molecule has 0 heteroatoms. The van der Waals surface area contributed by atoms with Crippen LogP contribution in [-0.2, 0) is 0 Å². The Balaban J connectivity index is 3.02. The number of terminal acetylenes is 1. The third-order valence-electron chi connectivity index (χ3n) is 0.385. The fraction of sp³-hybridized carbons (Fsp3) is 0.167. The van der Waals surface area contributed by atoms with E-state index in [1.807, 2.05) is 19.4 Å². The molecule has 0 unspecified atom stereocenters. The van der Waals surface area contributed by atoms with Crippen molar-refractivity contribution in [2.45, 2.75) is 6.92 Å². The number of hydrogen-bond donors (Lipinski definition) is 0. The molecule has 0 aliphatic heterocycles. The van der Waals surface area contributed by atoms with Crippen LogP contribution in [0.5, 0.6) is 0 Å². The van der Waals surface area contributed by atoms with Gasteiger partial charge in [0.1, 0.15) is 0 Å². The molecule has 0 N–H and O–H groups in total. The molecule has 0 spiro atoms. The first-order valence-electron chi connectivity index (χ1n) is 1.82. The van der Waals surface area contributed by atoms with Crippen LogP contribution in [0.15, 0.2) is 12.2 Å². The van der Waals surface area contributed by atoms with Crippen LogP contribution in [-0.4, -0.2) is 0 Å². The lowest BCUT2D eigenvalue weighted by atomic mass is 10.4. The van der Waals surface area contributed by atoms with Gasteiger partial charge in [-0.15, -0.1) is 6.42 Å². The second-order valence-corrected chi connectivity index (χ2v) is 0.859. The molecule has 0 aromatic heterocycles. The molecule has 6 heavy (non-hydrogen) atoms. The first kappa shape index (κ1) is 5.30. The summed E-state index contributed by atoms with van der Waals surface area (Å²) in [5, 5.41) is 0. The predicted molar refractivity (Wildman–Crippen MR) is 27.9 cm³/mol. The number of allylic oxidation sites excluding steroid dienone is 2. The Hall–Kier alpha value is -0.700. The van der Waals surface area contributed by atoms with Crippen LogP contribution in [0, 0.1) is 18.8 Å². The van der Waals surface area contributed by atoms with Gasteiger partial charge in [0, 0.05) is 0 Å². The molecule has 0 atom stereocenters. The maximum Gasteiger partial charge on any atom is -0.0159 e. The zero-order chi connectivity index (χ0) is 4.83. The van der Waals surface area contributed by atoms with Crippen LogP contribution in [0.4, 0.5) is 0 Å². The van der Waals surface area contributed by atoms with Gasteiger partial charge in [-0.1, -0.05) is 18.9 Å². The van der Waals surface area contributed by atoms with Crippen LogP contribution in [0.1, 0.15) is 6.92 Å². The largest absolute Gasteiger partial charge is 0.115 e. The standard InChI is InChI=1S/C6H7/c1-3-5-6-4-2/h1,4-6H,2H3/b6-5-. The summed E-state index contributed by atoms with van der Waals surface area (Å²) in [5.41, 5.74) is 0. The van der Waals surface area contributed by atoms with E-state index in [1.54, 1.807) is 6.08 Å². The topological polar surface area (TPSA) is 0 Å². The molecule has 0 aliphatic carbocycles. The molecule has 0 saturated carbocycles. The van der Waals surface area contributed by atoms with Crippen molar-refractivity contribution in [2.75, 3.05) is 0 Å². The highest BCUT2D eigenvalue weighted by molar-refractivity contribution is 5.11. The van der Waals surface area contributed by atoms with Gasteiger partial charge >= 0.3 is 0 Å². The molecule has 31 valence electrons. The fourth-order valence-corrected chi connectivity index (χ4v) is 0.152. The highest BCUT2D eigenvalue weighted by Crippen LogP contribution is 1.72. The zero-order valence-electron chi connectivity index (χ0n) is 3.81. The van der Waals surface area contributed by atoms with Crippen LogP contribution >= 0.6 is 0 Å². The van der Waals surface area contributed by atoms with E-state index in [9.17, 15) is 0 Å². The SMILES string of the molecule is C#C/C=C\[CH]C. The summed E-state index contributed by atoms with van der Waals surface area (Å²) >= 11 is 0. The Morgan fingerprint density at radius 3 is 2.50 bits per heavy atom. The van der Waals surface area contributed by atoms with Crippen LogP contribution in [0.25, 0.3) is 0 Å². The average molecular weight is 79.1 g/mol. The maximum absolute atomic E-state index is 4.86. The maximum atomic E-state index is 4.86. The molecule has 0 fully saturated rings. The Morgan fingerprint density at radius 2 is 2.33 bits per heavy atom. The molecule has 0 aliphatic rings. The van der Waals surface area contributed by atoms with E-state index in [0.29, 0.717) is 0 Å². The Labute approximate surface area is 38.9 Å². The zero-order valence-corrected chi connectivity index (χ0v) is 3.81. The molecule has 0 bridgehead atoms. The van der Waals surface area contributed by atoms with Crippen molar-refractivity contribution in [1.29, 1.82) is 0 Å². The van der Waals surface area contributed by atoms with Crippen molar-refractivity contribution in [2.24, 2.45) is 0 Å². The lowest BCUT2D eigenvalue weighted by Crippen LogP contribution is -1.48. The third-order valence-corrected chi connectivity index (χ3v) is 0.385. The molecule has 0 aromatic carbocycles. The molecule has 0 nitrogen and oxygen atoms in total. The van der Waals surface area contributed by atoms with Gasteiger partial charge < -0.3 is 0 Å². The smallest absolute Gasteiger partial charge is 0.0159 e. The minimum Gasteiger partial charge on any atom is -0.115 e. The molecule has 0 amide bonds. The average Bonchev–Trinajstić information content (AvgIpc) is 1.61. The molecule has 0 rings (SSSR count). The van der Waals surface area contributed by atoms with Crippen LogP contribution in [0.2, 0.25) is 0 Å². The van der Waals surface area contributed by atoms with Crippen LogP contribution < -0.4 is 0 Å². The van der Waals surface area contributed by atoms with Crippen molar-refractivity contribution in [1.82, 2.24) is 0 Å². The van der Waals surface area contributed by atoms with Crippen LogP contribution in [0.3, 0.4) is 0 Å². The molecule has 0 saturated heterocycles. The van der Waals surface area contributed by atoms with Gasteiger partial charge in [-0.2, -0.15) is 0 Å². The monoisotopic (exact) mass is 79.1 g/mol. The Kier molecular flexibility index (Phi) is 3.80. The van der Waals surface area contributed by atoms with E-state index in [1.165, 1.54) is 0 Å². The summed E-state index contributed by atoms with van der Waals surface area (Å²) in [5.74, 6) is 2.36. The minimum absolute atomic E-state index is 1.65. The van der Waals surface area contributed by atoms with Crippen molar-refractivity contribution < 1.29 is 0 Å². The summed E-state index contributed by atoms with van der Waals surface area (Å²) in [6.07, 6.45) is 10.2. The van der Waals surface area contributed by atoms with Gasteiger partial charge in [0.05, 0.1) is 0 Å². The first-order valence-corrected chi connectivity index (χ1v) is 1.82. The van der Waals surface area contributed by atoms with E-state index in [-0.39, 0.29) is 0 Å². The van der Waals surface area contributed by atoms with Crippen molar-refractivity contribution in [3.8, 4) is 12.3 Å². The minimum atomic E-state index is 1.65. The summed E-state index contributed by atoms with van der Waals surface area (Å²) in [7, 11) is 0. The van der Waals surface area contributed by atoms with Gasteiger partial charge in [0.15, 0.2) is 0 Å². The van der Waals surface area contributed by atoms with Crippen molar-refractivity contribution >= 4 is 0 Å². The van der Waals surface area contributed by atoms with E-state index in [4.69, 9.17) is 6.42 Å². The fourth-order valence-electron chi connectivity index (χ4n) is 0.152. The summed E-state index contributed by atoms with van der Waals surface area (Å²) in [4.78, 5) is 0. The Morgan fingerprint density at radius 1 is 1.67 bits per heavy atom. The van der Waals surface area contributed by atoms with E-state index < -0.39 is 0 Å². The lowest BCUT2D eigenvalue weighted by molar-refractivity contribution is 1.56. The second kappa shape index (κ2) is 4.30. The van der Waals surface area contributed by atoms with Gasteiger partial charge in [-0.05, 0) is 12.5 Å². The predicted octanol–water partition coefficient (Wildman–Crippen LogP) is 1.40. The molecule has 1 radical (unpaired) electrons.